The van der Waals surface area contributed by atoms with Gasteiger partial charge in [0.05, 0.1) is 32.4 Å². The number of aryl methyl sites for hydroxylation is 1. The van der Waals surface area contributed by atoms with Gasteiger partial charge in [-0.2, -0.15) is 0 Å². The summed E-state index contributed by atoms with van der Waals surface area (Å²) in [5.41, 5.74) is 2.39. The highest BCUT2D eigenvalue weighted by atomic mass is 16.2. The Kier molecular flexibility index (Phi) is 5.91. The number of hydrogen-bond donors (Lipinski definition) is 2. The van der Waals surface area contributed by atoms with Crippen LogP contribution in [0.15, 0.2) is 42.9 Å². The van der Waals surface area contributed by atoms with Gasteiger partial charge >= 0.3 is 0 Å². The Morgan fingerprint density at radius 1 is 1.19 bits per heavy atom. The fraction of sp³-hybridized carbons (Fsp3) is 0.368. The lowest BCUT2D eigenvalue weighted by Crippen LogP contribution is -3.15. The molecule has 1 aliphatic heterocycles. The molecule has 0 atom stereocenters. The number of carbonyl (C=O) groups excluding carboxylic acids is 2. The number of hydrogen-bond acceptors (Lipinski definition) is 4. The van der Waals surface area contributed by atoms with Crippen LogP contribution in [-0.4, -0.2) is 59.4 Å². The second-order valence-electron chi connectivity index (χ2n) is 6.37. The summed E-state index contributed by atoms with van der Waals surface area (Å²) < 4.78 is 0. The summed E-state index contributed by atoms with van der Waals surface area (Å²) in [7, 11) is 0. The maximum absolute atomic E-state index is 12.4. The Labute approximate surface area is 153 Å². The monoisotopic (exact) mass is 354 g/mol. The first-order valence-electron chi connectivity index (χ1n) is 8.94. The van der Waals surface area contributed by atoms with E-state index in [1.54, 1.807) is 11.1 Å². The van der Waals surface area contributed by atoms with Gasteiger partial charge in [-0.05, 0) is 18.1 Å². The van der Waals surface area contributed by atoms with Gasteiger partial charge in [0.2, 0.25) is 0 Å². The molecule has 0 radical (unpaired) electrons. The zero-order chi connectivity index (χ0) is 18.4. The molecule has 1 fully saturated rings. The van der Waals surface area contributed by atoms with Crippen LogP contribution in [0.2, 0.25) is 0 Å². The minimum absolute atomic E-state index is 0.00889. The van der Waals surface area contributed by atoms with Crippen molar-refractivity contribution in [3.05, 3.63) is 54.1 Å². The number of benzene rings is 1. The minimum Gasteiger partial charge on any atom is -0.326 e. The Hall–Kier alpha value is -2.80. The Balaban J connectivity index is 1.49. The molecule has 2 aromatic rings. The van der Waals surface area contributed by atoms with Crippen LogP contribution in [0.4, 0.5) is 5.69 Å². The van der Waals surface area contributed by atoms with Crippen molar-refractivity contribution in [1.82, 2.24) is 14.9 Å². The van der Waals surface area contributed by atoms with Crippen LogP contribution >= 0.6 is 0 Å². The number of piperazine rings is 1. The standard InChI is InChI=1S/C19H23N5O2/c1-2-15-5-3-4-6-16(15)22-18(25)14-23-9-11-24(12-10-23)19(26)17-13-20-7-8-21-17/h3-8,13H,2,9-12,14H2,1H3,(H,22,25)/p+1. The highest BCUT2D eigenvalue weighted by molar-refractivity contribution is 5.92. The van der Waals surface area contributed by atoms with Crippen molar-refractivity contribution in [1.29, 1.82) is 0 Å². The van der Waals surface area contributed by atoms with E-state index < -0.39 is 0 Å². The van der Waals surface area contributed by atoms with E-state index in [1.807, 2.05) is 24.3 Å². The third-order valence-corrected chi connectivity index (χ3v) is 4.62. The number of rotatable bonds is 5. The van der Waals surface area contributed by atoms with Crippen molar-refractivity contribution in [3.8, 4) is 0 Å². The quantitative estimate of drug-likeness (QED) is 0.793. The molecule has 0 aliphatic carbocycles. The van der Waals surface area contributed by atoms with E-state index in [9.17, 15) is 9.59 Å². The smallest absolute Gasteiger partial charge is 0.279 e. The molecule has 0 bridgehead atoms. The maximum atomic E-state index is 12.4. The van der Waals surface area contributed by atoms with Gasteiger partial charge in [-0.15, -0.1) is 0 Å². The first-order chi connectivity index (χ1) is 12.7. The topological polar surface area (TPSA) is 79.6 Å². The van der Waals surface area contributed by atoms with Crippen molar-refractivity contribution in [2.45, 2.75) is 13.3 Å². The van der Waals surface area contributed by atoms with Crippen LogP contribution in [0, 0.1) is 0 Å². The summed E-state index contributed by atoms with van der Waals surface area (Å²) in [6.45, 7) is 5.20. The second-order valence-corrected chi connectivity index (χ2v) is 6.37. The summed E-state index contributed by atoms with van der Waals surface area (Å²) in [6.07, 6.45) is 5.44. The van der Waals surface area contributed by atoms with Crippen molar-refractivity contribution >= 4 is 17.5 Å². The van der Waals surface area contributed by atoms with Crippen molar-refractivity contribution in [3.63, 3.8) is 0 Å². The lowest BCUT2D eigenvalue weighted by atomic mass is 10.1. The largest absolute Gasteiger partial charge is 0.326 e. The van der Waals surface area contributed by atoms with Gasteiger partial charge < -0.3 is 15.1 Å². The molecule has 0 unspecified atom stereocenters. The highest BCUT2D eigenvalue weighted by Gasteiger charge is 2.26. The summed E-state index contributed by atoms with van der Waals surface area (Å²) in [6, 6.07) is 7.87. The van der Waals surface area contributed by atoms with E-state index in [0.717, 1.165) is 30.8 Å². The number of anilines is 1. The van der Waals surface area contributed by atoms with E-state index in [2.05, 4.69) is 22.2 Å². The van der Waals surface area contributed by atoms with Gasteiger partial charge in [0.15, 0.2) is 6.54 Å². The Bertz CT molecular complexity index is 758. The van der Waals surface area contributed by atoms with Crippen LogP contribution in [0.25, 0.3) is 0 Å². The van der Waals surface area contributed by atoms with E-state index in [-0.39, 0.29) is 11.8 Å². The van der Waals surface area contributed by atoms with Gasteiger partial charge in [0.1, 0.15) is 5.69 Å². The molecule has 0 spiro atoms. The predicted octanol–water partition coefficient (Wildman–Crippen LogP) is 0.0184. The van der Waals surface area contributed by atoms with Gasteiger partial charge in [0, 0.05) is 18.1 Å². The SMILES string of the molecule is CCc1ccccc1NC(=O)C[NH+]1CCN(C(=O)c2cnccn2)CC1. The fourth-order valence-corrected chi connectivity index (χ4v) is 3.15. The molecular formula is C19H24N5O2+. The number of quaternary nitrogens is 1. The van der Waals surface area contributed by atoms with Crippen LogP contribution in [0.5, 0.6) is 0 Å². The number of nitrogens with one attached hydrogen (secondary N) is 2. The van der Waals surface area contributed by atoms with Crippen LogP contribution in [-0.2, 0) is 11.2 Å². The summed E-state index contributed by atoms with van der Waals surface area (Å²) in [5.74, 6) is -0.0897. The van der Waals surface area contributed by atoms with Gasteiger partial charge in [-0.3, -0.25) is 14.6 Å². The van der Waals surface area contributed by atoms with Gasteiger partial charge in [0.25, 0.3) is 11.8 Å². The van der Waals surface area contributed by atoms with Crippen molar-refractivity contribution < 1.29 is 14.5 Å². The number of nitrogens with zero attached hydrogens (tertiary/aromatic N) is 3. The van der Waals surface area contributed by atoms with Gasteiger partial charge in [-0.1, -0.05) is 25.1 Å². The number of amides is 2. The van der Waals surface area contributed by atoms with E-state index in [4.69, 9.17) is 0 Å². The first-order valence-corrected chi connectivity index (χ1v) is 8.94. The van der Waals surface area contributed by atoms with Gasteiger partial charge in [-0.25, -0.2) is 4.98 Å². The second kappa shape index (κ2) is 8.53. The molecule has 2 amide bonds. The zero-order valence-corrected chi connectivity index (χ0v) is 14.9. The molecule has 26 heavy (non-hydrogen) atoms. The average Bonchev–Trinajstić information content (AvgIpc) is 2.69. The molecule has 3 rings (SSSR count). The molecule has 1 aromatic carbocycles. The third kappa shape index (κ3) is 4.43. The van der Waals surface area contributed by atoms with Crippen LogP contribution in [0.3, 0.4) is 0 Å². The summed E-state index contributed by atoms with van der Waals surface area (Å²) >= 11 is 0. The van der Waals surface area contributed by atoms with E-state index in [0.29, 0.717) is 25.3 Å². The summed E-state index contributed by atoms with van der Waals surface area (Å²) in [4.78, 5) is 35.7. The molecule has 1 aliphatic rings. The first kappa shape index (κ1) is 18.0. The molecule has 136 valence electrons. The fourth-order valence-electron chi connectivity index (χ4n) is 3.15. The number of para-hydroxylation sites is 1. The van der Waals surface area contributed by atoms with Crippen LogP contribution < -0.4 is 10.2 Å². The van der Waals surface area contributed by atoms with E-state index >= 15 is 0 Å². The molecular weight excluding hydrogens is 330 g/mol. The normalized spacial score (nSPS) is 14.9. The molecule has 7 nitrogen and oxygen atoms in total. The maximum Gasteiger partial charge on any atom is 0.279 e. The van der Waals surface area contributed by atoms with E-state index in [1.165, 1.54) is 17.3 Å². The molecule has 0 saturated carbocycles. The zero-order valence-electron chi connectivity index (χ0n) is 14.9. The van der Waals surface area contributed by atoms with Crippen LogP contribution in [0.1, 0.15) is 23.0 Å². The highest BCUT2D eigenvalue weighted by Crippen LogP contribution is 2.14. The molecule has 2 heterocycles. The van der Waals surface area contributed by atoms with Crippen molar-refractivity contribution in [2.24, 2.45) is 0 Å². The lowest BCUT2D eigenvalue weighted by molar-refractivity contribution is -0.895. The average molecular weight is 354 g/mol. The molecule has 1 aromatic heterocycles. The summed E-state index contributed by atoms with van der Waals surface area (Å²) in [5, 5.41) is 3.01. The number of carbonyl (C=O) groups is 2. The minimum atomic E-state index is -0.0986. The molecule has 1 saturated heterocycles. The Morgan fingerprint density at radius 3 is 2.65 bits per heavy atom. The number of aromatic nitrogens is 2. The lowest BCUT2D eigenvalue weighted by Gasteiger charge is -2.31. The Morgan fingerprint density at radius 2 is 1.96 bits per heavy atom. The predicted molar refractivity (Wildman–Crippen MR) is 97.9 cm³/mol. The molecule has 2 N–H and O–H groups in total. The molecule has 7 heteroatoms. The third-order valence-electron chi connectivity index (χ3n) is 4.62. The van der Waals surface area contributed by atoms with Crippen molar-refractivity contribution in [2.75, 3.05) is 38.0 Å².